The van der Waals surface area contributed by atoms with Gasteiger partial charge in [0.15, 0.2) is 0 Å². The van der Waals surface area contributed by atoms with Crippen molar-refractivity contribution in [1.29, 1.82) is 0 Å². The monoisotopic (exact) mass is 207 g/mol. The Morgan fingerprint density at radius 1 is 1.69 bits per heavy atom. The zero-order valence-corrected chi connectivity index (χ0v) is 8.33. The average Bonchev–Trinajstić information content (AvgIpc) is 2.47. The smallest absolute Gasteiger partial charge is 0.223 e. The van der Waals surface area contributed by atoms with E-state index in [0.717, 1.165) is 0 Å². The van der Waals surface area contributed by atoms with E-state index in [9.17, 15) is 9.90 Å². The SMILES string of the molecule is CO[C@@H]1CN(C(=O)CCCl)C[C@H]1O. The molecule has 1 heterocycles. The molecule has 13 heavy (non-hydrogen) atoms. The Morgan fingerprint density at radius 2 is 2.38 bits per heavy atom. The maximum absolute atomic E-state index is 11.3. The summed E-state index contributed by atoms with van der Waals surface area (Å²) in [6.45, 7) is 0.821. The fourth-order valence-electron chi connectivity index (χ4n) is 1.43. The van der Waals surface area contributed by atoms with Crippen LogP contribution in [0.3, 0.4) is 0 Å². The van der Waals surface area contributed by atoms with Crippen molar-refractivity contribution in [3.8, 4) is 0 Å². The van der Waals surface area contributed by atoms with E-state index in [4.69, 9.17) is 16.3 Å². The van der Waals surface area contributed by atoms with Crippen LogP contribution in [0, 0.1) is 0 Å². The summed E-state index contributed by atoms with van der Waals surface area (Å²) in [7, 11) is 1.53. The number of aliphatic hydroxyl groups excluding tert-OH is 1. The first-order valence-corrected chi connectivity index (χ1v) is 4.77. The highest BCUT2D eigenvalue weighted by atomic mass is 35.5. The topological polar surface area (TPSA) is 49.8 Å². The third-order valence-corrected chi connectivity index (χ3v) is 2.39. The minimum absolute atomic E-state index is 0.0198. The first kappa shape index (κ1) is 10.8. The molecular formula is C8H14ClNO3. The molecule has 1 fully saturated rings. The predicted octanol–water partition coefficient (Wildman–Crippen LogP) is -0.167. The van der Waals surface area contributed by atoms with Crippen LogP contribution in [-0.2, 0) is 9.53 Å². The van der Waals surface area contributed by atoms with Crippen LogP contribution in [-0.4, -0.2) is 54.2 Å². The molecule has 1 N–H and O–H groups in total. The Hall–Kier alpha value is -0.320. The van der Waals surface area contributed by atoms with E-state index >= 15 is 0 Å². The quantitative estimate of drug-likeness (QED) is 0.654. The molecule has 1 aliphatic heterocycles. The van der Waals surface area contributed by atoms with Gasteiger partial charge in [0.25, 0.3) is 0 Å². The van der Waals surface area contributed by atoms with Crippen molar-refractivity contribution >= 4 is 17.5 Å². The largest absolute Gasteiger partial charge is 0.388 e. The van der Waals surface area contributed by atoms with Gasteiger partial charge in [0.2, 0.25) is 5.91 Å². The van der Waals surface area contributed by atoms with Gasteiger partial charge in [0, 0.05) is 32.5 Å². The molecule has 0 unspecified atom stereocenters. The zero-order valence-electron chi connectivity index (χ0n) is 7.57. The Kier molecular flexibility index (Phi) is 3.96. The number of rotatable bonds is 3. The number of methoxy groups -OCH3 is 1. The molecule has 5 heteroatoms. The molecule has 2 atom stereocenters. The first-order valence-electron chi connectivity index (χ1n) is 4.23. The number of hydrogen-bond donors (Lipinski definition) is 1. The van der Waals surface area contributed by atoms with Gasteiger partial charge in [-0.3, -0.25) is 4.79 Å². The molecule has 76 valence electrons. The van der Waals surface area contributed by atoms with E-state index in [2.05, 4.69) is 0 Å². The highest BCUT2D eigenvalue weighted by Crippen LogP contribution is 2.13. The van der Waals surface area contributed by atoms with E-state index in [-0.39, 0.29) is 12.0 Å². The summed E-state index contributed by atoms with van der Waals surface area (Å²) in [4.78, 5) is 12.9. The van der Waals surface area contributed by atoms with E-state index in [1.807, 2.05) is 0 Å². The van der Waals surface area contributed by atoms with E-state index in [1.54, 1.807) is 4.90 Å². The molecule has 0 aromatic rings. The Morgan fingerprint density at radius 3 is 2.85 bits per heavy atom. The number of halogens is 1. The number of nitrogens with zero attached hydrogens (tertiary/aromatic N) is 1. The molecular weight excluding hydrogens is 194 g/mol. The molecule has 0 spiro atoms. The summed E-state index contributed by atoms with van der Waals surface area (Å²) in [5, 5.41) is 9.42. The summed E-state index contributed by atoms with van der Waals surface area (Å²) < 4.78 is 5.01. The molecule has 4 nitrogen and oxygen atoms in total. The average molecular weight is 208 g/mol. The lowest BCUT2D eigenvalue weighted by Gasteiger charge is -2.14. The number of carbonyl (C=O) groups is 1. The Labute approximate surface area is 82.4 Å². The van der Waals surface area contributed by atoms with Crippen molar-refractivity contribution < 1.29 is 14.6 Å². The molecule has 0 aliphatic carbocycles. The summed E-state index contributed by atoms with van der Waals surface area (Å²) >= 11 is 5.44. The van der Waals surface area contributed by atoms with Crippen LogP contribution in [0.5, 0.6) is 0 Å². The van der Waals surface area contributed by atoms with Crippen molar-refractivity contribution in [2.75, 3.05) is 26.1 Å². The molecule has 0 radical (unpaired) electrons. The van der Waals surface area contributed by atoms with Gasteiger partial charge < -0.3 is 14.7 Å². The van der Waals surface area contributed by atoms with Crippen molar-refractivity contribution in [1.82, 2.24) is 4.90 Å². The molecule has 0 aromatic heterocycles. The third-order valence-electron chi connectivity index (χ3n) is 2.20. The maximum atomic E-state index is 11.3. The molecule has 1 rings (SSSR count). The van der Waals surface area contributed by atoms with Crippen molar-refractivity contribution in [3.05, 3.63) is 0 Å². The number of ether oxygens (including phenoxy) is 1. The third kappa shape index (κ3) is 2.56. The lowest BCUT2D eigenvalue weighted by atomic mass is 10.3. The van der Waals surface area contributed by atoms with Crippen molar-refractivity contribution in [2.24, 2.45) is 0 Å². The molecule has 1 amide bonds. The van der Waals surface area contributed by atoms with Gasteiger partial charge in [0.05, 0.1) is 6.10 Å². The minimum atomic E-state index is -0.565. The summed E-state index contributed by atoms with van der Waals surface area (Å²) in [5.41, 5.74) is 0. The van der Waals surface area contributed by atoms with E-state index in [0.29, 0.717) is 25.4 Å². The van der Waals surface area contributed by atoms with Crippen LogP contribution < -0.4 is 0 Å². The van der Waals surface area contributed by atoms with Crippen LogP contribution in [0.25, 0.3) is 0 Å². The second kappa shape index (κ2) is 4.79. The normalized spacial score (nSPS) is 28.1. The number of aliphatic hydroxyl groups is 1. The fraction of sp³-hybridized carbons (Fsp3) is 0.875. The molecule has 1 aliphatic rings. The molecule has 0 bridgehead atoms. The lowest BCUT2D eigenvalue weighted by molar-refractivity contribution is -0.130. The second-order valence-corrected chi connectivity index (χ2v) is 3.46. The summed E-state index contributed by atoms with van der Waals surface area (Å²) in [6.07, 6.45) is -0.492. The van der Waals surface area contributed by atoms with Crippen LogP contribution >= 0.6 is 11.6 Å². The number of carbonyl (C=O) groups excluding carboxylic acids is 1. The number of β-amino-alcohol motifs (C(OH)–C–C–N with tert-alkyl or cyclic N) is 1. The first-order chi connectivity index (χ1) is 6.19. The van der Waals surface area contributed by atoms with E-state index in [1.165, 1.54) is 7.11 Å². The Bertz CT molecular complexity index is 188. The summed E-state index contributed by atoms with van der Waals surface area (Å²) in [5.74, 6) is 0.303. The number of amides is 1. The van der Waals surface area contributed by atoms with Crippen molar-refractivity contribution in [3.63, 3.8) is 0 Å². The van der Waals surface area contributed by atoms with Gasteiger partial charge in [-0.25, -0.2) is 0 Å². The van der Waals surface area contributed by atoms with Crippen LogP contribution in [0.1, 0.15) is 6.42 Å². The number of alkyl halides is 1. The fourth-order valence-corrected chi connectivity index (χ4v) is 1.59. The van der Waals surface area contributed by atoms with Crippen LogP contribution in [0.15, 0.2) is 0 Å². The van der Waals surface area contributed by atoms with Gasteiger partial charge in [-0.1, -0.05) is 0 Å². The minimum Gasteiger partial charge on any atom is -0.388 e. The lowest BCUT2D eigenvalue weighted by Crippen LogP contribution is -2.29. The number of hydrogen-bond acceptors (Lipinski definition) is 3. The zero-order chi connectivity index (χ0) is 9.84. The highest BCUT2D eigenvalue weighted by Gasteiger charge is 2.33. The molecule has 1 saturated heterocycles. The van der Waals surface area contributed by atoms with Gasteiger partial charge in [-0.2, -0.15) is 0 Å². The van der Waals surface area contributed by atoms with Gasteiger partial charge >= 0.3 is 0 Å². The van der Waals surface area contributed by atoms with Gasteiger partial charge in [0.1, 0.15) is 6.10 Å². The van der Waals surface area contributed by atoms with Crippen LogP contribution in [0.4, 0.5) is 0 Å². The highest BCUT2D eigenvalue weighted by molar-refractivity contribution is 6.18. The Balaban J connectivity index is 2.43. The summed E-state index contributed by atoms with van der Waals surface area (Å²) in [6, 6.07) is 0. The van der Waals surface area contributed by atoms with Crippen LogP contribution in [0.2, 0.25) is 0 Å². The molecule has 0 aromatic carbocycles. The maximum Gasteiger partial charge on any atom is 0.223 e. The van der Waals surface area contributed by atoms with Crippen molar-refractivity contribution in [2.45, 2.75) is 18.6 Å². The second-order valence-electron chi connectivity index (χ2n) is 3.08. The van der Waals surface area contributed by atoms with E-state index < -0.39 is 6.10 Å². The predicted molar refractivity (Wildman–Crippen MR) is 48.7 cm³/mol. The van der Waals surface area contributed by atoms with Gasteiger partial charge in [-0.05, 0) is 0 Å². The molecule has 0 saturated carbocycles. The standard InChI is InChI=1S/C8H14ClNO3/c1-13-7-5-10(4-6(7)11)8(12)2-3-9/h6-7,11H,2-5H2,1H3/t6-,7-/m1/s1. The number of likely N-dealkylation sites (tertiary alicyclic amines) is 1. The van der Waals surface area contributed by atoms with Gasteiger partial charge in [-0.15, -0.1) is 11.6 Å².